The van der Waals surface area contributed by atoms with E-state index < -0.39 is 0 Å². The van der Waals surface area contributed by atoms with Crippen molar-refractivity contribution in [3.63, 3.8) is 0 Å². The first-order valence-electron chi connectivity index (χ1n) is 9.20. The summed E-state index contributed by atoms with van der Waals surface area (Å²) in [6.07, 6.45) is 2.91. The first-order valence-corrected chi connectivity index (χ1v) is 9.95. The third-order valence-corrected chi connectivity index (χ3v) is 5.95. The molecule has 4 rings (SSSR count). The van der Waals surface area contributed by atoms with E-state index in [4.69, 9.17) is 32.7 Å². The molecule has 4 nitrogen and oxygen atoms in total. The van der Waals surface area contributed by atoms with Gasteiger partial charge in [0, 0.05) is 11.6 Å². The Kier molecular flexibility index (Phi) is 5.69. The maximum absolute atomic E-state index is 12.6. The van der Waals surface area contributed by atoms with Crippen LogP contribution in [0.2, 0.25) is 10.0 Å². The lowest BCUT2D eigenvalue weighted by Gasteiger charge is -2.39. The van der Waals surface area contributed by atoms with Crippen molar-refractivity contribution in [2.75, 3.05) is 13.2 Å². The van der Waals surface area contributed by atoms with Crippen LogP contribution >= 0.6 is 23.2 Å². The van der Waals surface area contributed by atoms with Gasteiger partial charge < -0.3 is 14.8 Å². The van der Waals surface area contributed by atoms with E-state index in [0.29, 0.717) is 28.8 Å². The first-order chi connectivity index (χ1) is 13.1. The van der Waals surface area contributed by atoms with Crippen LogP contribution in [0.1, 0.15) is 29.6 Å². The monoisotopic (exact) mass is 405 g/mol. The Morgan fingerprint density at radius 3 is 2.33 bits per heavy atom. The number of benzene rings is 2. The summed E-state index contributed by atoms with van der Waals surface area (Å²) in [5.41, 5.74) is 2.59. The third kappa shape index (κ3) is 4.30. The van der Waals surface area contributed by atoms with E-state index in [1.54, 1.807) is 6.07 Å². The summed E-state index contributed by atoms with van der Waals surface area (Å²) < 4.78 is 11.5. The third-order valence-electron chi connectivity index (χ3n) is 5.21. The Morgan fingerprint density at radius 1 is 0.889 bits per heavy atom. The van der Waals surface area contributed by atoms with Gasteiger partial charge in [0.05, 0.1) is 35.5 Å². The maximum atomic E-state index is 12.6. The van der Waals surface area contributed by atoms with Gasteiger partial charge in [0.15, 0.2) is 0 Å². The molecule has 0 unspecified atom stereocenters. The van der Waals surface area contributed by atoms with E-state index in [9.17, 15) is 4.79 Å². The minimum absolute atomic E-state index is 0.0594. The lowest BCUT2D eigenvalue weighted by atomic mass is 9.89. The van der Waals surface area contributed by atoms with Crippen LogP contribution in [-0.2, 0) is 9.47 Å². The average Bonchev–Trinajstić information content (AvgIpc) is 2.70. The van der Waals surface area contributed by atoms with E-state index >= 15 is 0 Å². The standard InChI is InChI=1S/C21H21Cl2NO3/c22-17-7-5-15(11-18(17)23)13-1-3-14(4-2-13)21(25)24-16-6-8-19-20(12-16)27-10-9-26-19/h1-5,7,11,16,19-20H,6,8-10,12H2,(H,24,25)/t16-,19+,20+/m1/s1. The summed E-state index contributed by atoms with van der Waals surface area (Å²) in [7, 11) is 0. The summed E-state index contributed by atoms with van der Waals surface area (Å²) in [5, 5.41) is 4.17. The van der Waals surface area contributed by atoms with Gasteiger partial charge in [0.25, 0.3) is 5.91 Å². The number of fused-ring (bicyclic) bond motifs is 1. The van der Waals surface area contributed by atoms with Crippen molar-refractivity contribution in [3.8, 4) is 11.1 Å². The molecule has 6 heteroatoms. The molecule has 142 valence electrons. The predicted octanol–water partition coefficient (Wildman–Crippen LogP) is 4.73. The summed E-state index contributed by atoms with van der Waals surface area (Å²) in [5.74, 6) is -0.0594. The summed E-state index contributed by atoms with van der Waals surface area (Å²) >= 11 is 12.1. The number of amides is 1. The molecule has 1 N–H and O–H groups in total. The second-order valence-corrected chi connectivity index (χ2v) is 7.82. The number of carbonyl (C=O) groups is 1. The molecule has 27 heavy (non-hydrogen) atoms. The molecule has 0 spiro atoms. The topological polar surface area (TPSA) is 47.6 Å². The van der Waals surface area contributed by atoms with Gasteiger partial charge in [-0.05, 0) is 54.7 Å². The minimum atomic E-state index is -0.0594. The highest BCUT2D eigenvalue weighted by molar-refractivity contribution is 6.42. The van der Waals surface area contributed by atoms with Crippen LogP contribution in [-0.4, -0.2) is 37.4 Å². The van der Waals surface area contributed by atoms with Crippen molar-refractivity contribution < 1.29 is 14.3 Å². The fourth-order valence-corrected chi connectivity index (χ4v) is 4.05. The van der Waals surface area contributed by atoms with E-state index in [0.717, 1.165) is 30.4 Å². The second kappa shape index (κ2) is 8.19. The van der Waals surface area contributed by atoms with Gasteiger partial charge in [-0.25, -0.2) is 0 Å². The van der Waals surface area contributed by atoms with Crippen LogP contribution in [0.25, 0.3) is 11.1 Å². The molecule has 3 atom stereocenters. The molecule has 1 saturated carbocycles. The summed E-state index contributed by atoms with van der Waals surface area (Å²) in [4.78, 5) is 12.6. The molecule has 1 saturated heterocycles. The van der Waals surface area contributed by atoms with E-state index in [1.165, 1.54) is 0 Å². The van der Waals surface area contributed by atoms with Crippen LogP contribution in [0.3, 0.4) is 0 Å². The van der Waals surface area contributed by atoms with E-state index in [2.05, 4.69) is 5.32 Å². The van der Waals surface area contributed by atoms with Gasteiger partial charge >= 0.3 is 0 Å². The zero-order valence-corrected chi connectivity index (χ0v) is 16.3. The number of hydrogen-bond acceptors (Lipinski definition) is 3. The Bertz CT molecular complexity index is 825. The van der Waals surface area contributed by atoms with Crippen molar-refractivity contribution in [1.82, 2.24) is 5.32 Å². The molecular formula is C21H21Cl2NO3. The summed E-state index contributed by atoms with van der Waals surface area (Å²) in [6, 6.07) is 13.1. The normalized spacial score (nSPS) is 24.9. The van der Waals surface area contributed by atoms with Crippen LogP contribution in [0.15, 0.2) is 42.5 Å². The van der Waals surface area contributed by atoms with Gasteiger partial charge in [-0.3, -0.25) is 4.79 Å². The number of rotatable bonds is 3. The molecule has 0 radical (unpaired) electrons. The Hall–Kier alpha value is -1.59. The zero-order valence-electron chi connectivity index (χ0n) is 14.8. The van der Waals surface area contributed by atoms with Gasteiger partial charge in [-0.1, -0.05) is 41.4 Å². The first kappa shape index (κ1) is 18.8. The Morgan fingerprint density at radius 2 is 1.59 bits per heavy atom. The molecule has 1 aliphatic carbocycles. The summed E-state index contributed by atoms with van der Waals surface area (Å²) in [6.45, 7) is 1.31. The SMILES string of the molecule is O=C(N[C@@H]1CC[C@@H]2OCCO[C@H]2C1)c1ccc(-c2ccc(Cl)c(Cl)c2)cc1. The molecule has 1 aliphatic heterocycles. The molecule has 0 aromatic heterocycles. The van der Waals surface area contributed by atoms with Crippen LogP contribution in [0.5, 0.6) is 0 Å². The fraction of sp³-hybridized carbons (Fsp3) is 0.381. The Balaban J connectivity index is 1.39. The molecular weight excluding hydrogens is 385 g/mol. The van der Waals surface area contributed by atoms with Crippen molar-refractivity contribution in [2.45, 2.75) is 37.5 Å². The number of ether oxygens (including phenoxy) is 2. The van der Waals surface area contributed by atoms with Crippen LogP contribution < -0.4 is 5.32 Å². The van der Waals surface area contributed by atoms with Crippen LogP contribution in [0.4, 0.5) is 0 Å². The van der Waals surface area contributed by atoms with Crippen molar-refractivity contribution in [1.29, 1.82) is 0 Å². The smallest absolute Gasteiger partial charge is 0.251 e. The van der Waals surface area contributed by atoms with Crippen molar-refractivity contribution >= 4 is 29.1 Å². The number of halogens is 2. The van der Waals surface area contributed by atoms with E-state index in [-0.39, 0.29) is 24.2 Å². The molecule has 2 fully saturated rings. The highest BCUT2D eigenvalue weighted by Gasteiger charge is 2.34. The van der Waals surface area contributed by atoms with E-state index in [1.807, 2.05) is 36.4 Å². The quantitative estimate of drug-likeness (QED) is 0.802. The molecule has 0 bridgehead atoms. The molecule has 2 aromatic rings. The molecule has 1 heterocycles. The predicted molar refractivity (Wildman–Crippen MR) is 106 cm³/mol. The highest BCUT2D eigenvalue weighted by atomic mass is 35.5. The number of nitrogens with one attached hydrogen (secondary N) is 1. The lowest BCUT2D eigenvalue weighted by molar-refractivity contribution is -0.157. The Labute approximate surface area is 168 Å². The van der Waals surface area contributed by atoms with Gasteiger partial charge in [-0.15, -0.1) is 0 Å². The molecule has 1 amide bonds. The van der Waals surface area contributed by atoms with Crippen molar-refractivity contribution in [2.24, 2.45) is 0 Å². The zero-order chi connectivity index (χ0) is 18.8. The maximum Gasteiger partial charge on any atom is 0.251 e. The largest absolute Gasteiger partial charge is 0.373 e. The highest BCUT2D eigenvalue weighted by Crippen LogP contribution is 2.29. The van der Waals surface area contributed by atoms with Gasteiger partial charge in [0.2, 0.25) is 0 Å². The minimum Gasteiger partial charge on any atom is -0.373 e. The number of carbonyl (C=O) groups excluding carboxylic acids is 1. The average molecular weight is 406 g/mol. The lowest BCUT2D eigenvalue weighted by Crippen LogP contribution is -2.49. The van der Waals surface area contributed by atoms with Crippen LogP contribution in [0, 0.1) is 0 Å². The van der Waals surface area contributed by atoms with Crippen molar-refractivity contribution in [3.05, 3.63) is 58.1 Å². The molecule has 2 aromatic carbocycles. The molecule has 2 aliphatic rings. The second-order valence-electron chi connectivity index (χ2n) is 7.01. The number of hydrogen-bond donors (Lipinski definition) is 1. The fourth-order valence-electron chi connectivity index (χ4n) is 3.76. The van der Waals surface area contributed by atoms with Gasteiger partial charge in [0.1, 0.15) is 0 Å². The van der Waals surface area contributed by atoms with Gasteiger partial charge in [-0.2, -0.15) is 0 Å².